The molecule has 0 atom stereocenters. The highest BCUT2D eigenvalue weighted by atomic mass is 32.1. The quantitative estimate of drug-likeness (QED) is 0.250. The standard InChI is InChI=1S/C25H32N2O4S/c1-2-3-18-30-22-15-8-7-14-21(22)26-25(32)27-23(28)16-9-17-24(29)31-19-10-13-20-11-5-4-6-12-20/h4-8,11-12,14-15H,2-3,9-10,13,16-19H2,1H3,(H2,26,27,28,32). The minimum absolute atomic E-state index is 0.190. The molecule has 1 amide bonds. The molecular formula is C25H32N2O4S. The molecule has 0 fully saturated rings. The predicted molar refractivity (Wildman–Crippen MR) is 131 cm³/mol. The van der Waals surface area contributed by atoms with Gasteiger partial charge in [0.1, 0.15) is 5.75 Å². The Morgan fingerprint density at radius 2 is 1.66 bits per heavy atom. The van der Waals surface area contributed by atoms with Gasteiger partial charge >= 0.3 is 5.97 Å². The van der Waals surface area contributed by atoms with E-state index in [1.54, 1.807) is 0 Å². The highest BCUT2D eigenvalue weighted by Gasteiger charge is 2.10. The van der Waals surface area contributed by atoms with E-state index in [4.69, 9.17) is 21.7 Å². The molecule has 0 spiro atoms. The largest absolute Gasteiger partial charge is 0.491 e. The zero-order valence-corrected chi connectivity index (χ0v) is 19.4. The van der Waals surface area contributed by atoms with Gasteiger partial charge in [-0.2, -0.15) is 0 Å². The molecule has 0 aliphatic rings. The third-order valence-electron chi connectivity index (χ3n) is 4.64. The average molecular weight is 457 g/mol. The van der Waals surface area contributed by atoms with Gasteiger partial charge in [0, 0.05) is 12.8 Å². The maximum atomic E-state index is 12.1. The molecule has 2 aromatic carbocycles. The molecule has 6 nitrogen and oxygen atoms in total. The SMILES string of the molecule is CCCCOc1ccccc1NC(=S)NC(=O)CCCC(=O)OCCCc1ccccc1. The second-order valence-corrected chi connectivity index (χ2v) is 7.77. The number of ether oxygens (including phenoxy) is 2. The summed E-state index contributed by atoms with van der Waals surface area (Å²) in [6.45, 7) is 3.11. The first-order valence-electron chi connectivity index (χ1n) is 11.1. The maximum absolute atomic E-state index is 12.1. The Morgan fingerprint density at radius 1 is 0.906 bits per heavy atom. The highest BCUT2D eigenvalue weighted by molar-refractivity contribution is 7.80. The van der Waals surface area contributed by atoms with E-state index in [-0.39, 0.29) is 29.8 Å². The molecule has 2 N–H and O–H groups in total. The van der Waals surface area contributed by atoms with Gasteiger partial charge in [0.25, 0.3) is 0 Å². The molecule has 32 heavy (non-hydrogen) atoms. The summed E-state index contributed by atoms with van der Waals surface area (Å²) < 4.78 is 11.0. The fourth-order valence-corrected chi connectivity index (χ4v) is 3.16. The second kappa shape index (κ2) is 15.0. The van der Waals surface area contributed by atoms with Gasteiger partial charge in [-0.15, -0.1) is 0 Å². The lowest BCUT2D eigenvalue weighted by atomic mass is 10.1. The van der Waals surface area contributed by atoms with Crippen LogP contribution in [0.15, 0.2) is 54.6 Å². The van der Waals surface area contributed by atoms with E-state index < -0.39 is 0 Å². The number of anilines is 1. The highest BCUT2D eigenvalue weighted by Crippen LogP contribution is 2.23. The number of aryl methyl sites for hydroxylation is 1. The van der Waals surface area contributed by atoms with Crippen molar-refractivity contribution in [3.05, 3.63) is 60.2 Å². The number of unbranched alkanes of at least 4 members (excludes halogenated alkanes) is 1. The second-order valence-electron chi connectivity index (χ2n) is 7.36. The van der Waals surface area contributed by atoms with E-state index in [0.717, 1.165) is 25.7 Å². The summed E-state index contributed by atoms with van der Waals surface area (Å²) in [7, 11) is 0. The minimum atomic E-state index is -0.287. The number of nitrogens with one attached hydrogen (secondary N) is 2. The molecule has 172 valence electrons. The van der Waals surface area contributed by atoms with E-state index in [1.165, 1.54) is 5.56 Å². The first-order valence-corrected chi connectivity index (χ1v) is 11.5. The van der Waals surface area contributed by atoms with E-state index >= 15 is 0 Å². The average Bonchev–Trinajstić information content (AvgIpc) is 2.78. The monoisotopic (exact) mass is 456 g/mol. The molecule has 0 saturated heterocycles. The molecule has 2 aromatic rings. The lowest BCUT2D eigenvalue weighted by molar-refractivity contribution is -0.143. The zero-order valence-electron chi connectivity index (χ0n) is 18.6. The van der Waals surface area contributed by atoms with Crippen LogP contribution in [-0.4, -0.2) is 30.2 Å². The van der Waals surface area contributed by atoms with Crippen LogP contribution in [0.3, 0.4) is 0 Å². The van der Waals surface area contributed by atoms with Gasteiger partial charge in [-0.25, -0.2) is 0 Å². The van der Waals surface area contributed by atoms with Crippen LogP contribution < -0.4 is 15.4 Å². The topological polar surface area (TPSA) is 76.7 Å². The third kappa shape index (κ3) is 10.4. The van der Waals surface area contributed by atoms with Gasteiger partial charge in [-0.05, 0) is 55.6 Å². The normalized spacial score (nSPS) is 10.3. The van der Waals surface area contributed by atoms with Gasteiger partial charge in [0.15, 0.2) is 5.11 Å². The van der Waals surface area contributed by atoms with E-state index in [9.17, 15) is 9.59 Å². The first-order chi connectivity index (χ1) is 15.6. The van der Waals surface area contributed by atoms with Crippen LogP contribution in [0, 0.1) is 0 Å². The summed E-state index contributed by atoms with van der Waals surface area (Å²) in [5.41, 5.74) is 1.92. The Morgan fingerprint density at radius 3 is 2.44 bits per heavy atom. The fourth-order valence-electron chi connectivity index (χ4n) is 2.94. The molecule has 2 rings (SSSR count). The molecule has 0 aromatic heterocycles. The lowest BCUT2D eigenvalue weighted by Crippen LogP contribution is -2.34. The van der Waals surface area contributed by atoms with Crippen LogP contribution in [0.1, 0.15) is 51.0 Å². The molecule has 0 radical (unpaired) electrons. The van der Waals surface area contributed by atoms with Crippen molar-refractivity contribution in [1.82, 2.24) is 5.32 Å². The number of amides is 1. The number of benzene rings is 2. The summed E-state index contributed by atoms with van der Waals surface area (Å²) in [4.78, 5) is 24.0. The van der Waals surface area contributed by atoms with Crippen molar-refractivity contribution < 1.29 is 19.1 Å². The van der Waals surface area contributed by atoms with Crippen LogP contribution in [0.2, 0.25) is 0 Å². The van der Waals surface area contributed by atoms with Crippen molar-refractivity contribution in [1.29, 1.82) is 0 Å². The molecule has 0 aliphatic heterocycles. The zero-order chi connectivity index (χ0) is 23.0. The number of thiocarbonyl (C=S) groups is 1. The molecular weight excluding hydrogens is 424 g/mol. The van der Waals surface area contributed by atoms with Gasteiger partial charge in [-0.3, -0.25) is 9.59 Å². The van der Waals surface area contributed by atoms with Crippen molar-refractivity contribution in [2.75, 3.05) is 18.5 Å². The number of esters is 1. The summed E-state index contributed by atoms with van der Waals surface area (Å²) >= 11 is 5.23. The Balaban J connectivity index is 1.60. The van der Waals surface area contributed by atoms with Crippen molar-refractivity contribution >= 4 is 34.9 Å². The van der Waals surface area contributed by atoms with Crippen LogP contribution in [0.4, 0.5) is 5.69 Å². The Bertz CT molecular complexity index is 858. The van der Waals surface area contributed by atoms with Crippen molar-refractivity contribution in [2.24, 2.45) is 0 Å². The Labute approximate surface area is 195 Å². The number of hydrogen-bond donors (Lipinski definition) is 2. The van der Waals surface area contributed by atoms with E-state index in [0.29, 0.717) is 31.1 Å². The van der Waals surface area contributed by atoms with Crippen LogP contribution in [-0.2, 0) is 20.7 Å². The molecule has 0 heterocycles. The van der Waals surface area contributed by atoms with E-state index in [1.807, 2.05) is 42.5 Å². The van der Waals surface area contributed by atoms with Crippen molar-refractivity contribution in [3.63, 3.8) is 0 Å². The van der Waals surface area contributed by atoms with Gasteiger partial charge in [0.05, 0.1) is 18.9 Å². The smallest absolute Gasteiger partial charge is 0.305 e. The minimum Gasteiger partial charge on any atom is -0.491 e. The first kappa shape index (κ1) is 25.3. The number of carbonyl (C=O) groups is 2. The van der Waals surface area contributed by atoms with Crippen LogP contribution >= 0.6 is 12.2 Å². The summed E-state index contributed by atoms with van der Waals surface area (Å²) in [6.07, 6.45) is 4.45. The molecule has 0 bridgehead atoms. The molecule has 0 unspecified atom stereocenters. The Hall–Kier alpha value is -2.93. The van der Waals surface area contributed by atoms with E-state index in [2.05, 4.69) is 29.7 Å². The summed E-state index contributed by atoms with van der Waals surface area (Å²) in [5.74, 6) is 0.154. The number of hydrogen-bond acceptors (Lipinski definition) is 5. The van der Waals surface area contributed by atoms with Crippen LogP contribution in [0.25, 0.3) is 0 Å². The van der Waals surface area contributed by atoms with Crippen molar-refractivity contribution in [2.45, 2.75) is 51.9 Å². The predicted octanol–water partition coefficient (Wildman–Crippen LogP) is 5.02. The molecule has 0 saturated carbocycles. The van der Waals surface area contributed by atoms with Gasteiger partial charge in [-0.1, -0.05) is 55.8 Å². The number of carbonyl (C=O) groups excluding carboxylic acids is 2. The third-order valence-corrected chi connectivity index (χ3v) is 4.85. The van der Waals surface area contributed by atoms with Gasteiger partial charge in [0.2, 0.25) is 5.91 Å². The summed E-state index contributed by atoms with van der Waals surface area (Å²) in [6, 6.07) is 17.5. The van der Waals surface area contributed by atoms with Crippen LogP contribution in [0.5, 0.6) is 5.75 Å². The molecule has 7 heteroatoms. The van der Waals surface area contributed by atoms with Crippen molar-refractivity contribution in [3.8, 4) is 5.75 Å². The number of rotatable bonds is 13. The summed E-state index contributed by atoms with van der Waals surface area (Å²) in [5, 5.41) is 5.84. The maximum Gasteiger partial charge on any atom is 0.305 e. The Kier molecular flexibility index (Phi) is 11.8. The molecule has 0 aliphatic carbocycles. The fraction of sp³-hybridized carbons (Fsp3) is 0.400. The van der Waals surface area contributed by atoms with Gasteiger partial charge < -0.3 is 20.1 Å². The number of para-hydroxylation sites is 2. The lowest BCUT2D eigenvalue weighted by Gasteiger charge is -2.14.